The van der Waals surface area contributed by atoms with Gasteiger partial charge in [-0.2, -0.15) is 5.10 Å². The van der Waals surface area contributed by atoms with E-state index >= 15 is 0 Å². The van der Waals surface area contributed by atoms with Crippen molar-refractivity contribution < 1.29 is 14.3 Å². The molecule has 0 bridgehead atoms. The number of likely N-dealkylation sites (tertiary alicyclic amines) is 1. The van der Waals surface area contributed by atoms with Crippen molar-refractivity contribution >= 4 is 34.6 Å². The van der Waals surface area contributed by atoms with Crippen molar-refractivity contribution in [2.75, 3.05) is 32.1 Å². The van der Waals surface area contributed by atoms with Gasteiger partial charge in [0, 0.05) is 36.6 Å². The van der Waals surface area contributed by atoms with Gasteiger partial charge in [-0.15, -0.1) is 0 Å². The van der Waals surface area contributed by atoms with Crippen LogP contribution in [0.2, 0.25) is 0 Å². The number of nitrogens with one attached hydrogen (secondary N) is 2. The summed E-state index contributed by atoms with van der Waals surface area (Å²) in [5.74, 6) is 0.996. The Bertz CT molecular complexity index is 1680. The lowest BCUT2D eigenvalue weighted by Crippen LogP contribution is -2.52. The van der Waals surface area contributed by atoms with Crippen LogP contribution in [0.15, 0.2) is 60.7 Å². The van der Waals surface area contributed by atoms with E-state index in [1.165, 1.54) is 12.0 Å². The van der Waals surface area contributed by atoms with Gasteiger partial charge in [0.25, 0.3) is 0 Å². The van der Waals surface area contributed by atoms with Gasteiger partial charge >= 0.3 is 0 Å². The summed E-state index contributed by atoms with van der Waals surface area (Å²) in [5.41, 5.74) is 7.19. The maximum Gasteiger partial charge on any atom is 0.235 e. The van der Waals surface area contributed by atoms with E-state index in [0.29, 0.717) is 0 Å². The van der Waals surface area contributed by atoms with Gasteiger partial charge in [0.15, 0.2) is 0 Å². The van der Waals surface area contributed by atoms with Crippen molar-refractivity contribution in [1.29, 1.82) is 0 Å². The zero-order valence-corrected chi connectivity index (χ0v) is 23.3. The van der Waals surface area contributed by atoms with Crippen molar-refractivity contribution in [3.05, 3.63) is 88.6 Å². The van der Waals surface area contributed by atoms with E-state index < -0.39 is 5.41 Å². The van der Waals surface area contributed by atoms with Crippen LogP contribution in [0.4, 0.5) is 5.69 Å². The number of hydrogen-bond donors (Lipinski definition) is 2. The molecule has 41 heavy (non-hydrogen) atoms. The number of rotatable bonds is 6. The second-order valence-electron chi connectivity index (χ2n) is 12.1. The fourth-order valence-corrected chi connectivity index (χ4v) is 7.17. The van der Waals surface area contributed by atoms with Crippen LogP contribution in [0.25, 0.3) is 23.1 Å². The monoisotopic (exact) mass is 546 g/mol. The molecule has 8 rings (SSSR count). The summed E-state index contributed by atoms with van der Waals surface area (Å²) in [6, 6.07) is 21.1. The first-order valence-corrected chi connectivity index (χ1v) is 14.7. The highest BCUT2D eigenvalue weighted by Gasteiger charge is 2.65. The Morgan fingerprint density at radius 3 is 2.63 bits per heavy atom. The number of aromatic amines is 1. The van der Waals surface area contributed by atoms with E-state index in [4.69, 9.17) is 9.47 Å². The van der Waals surface area contributed by atoms with E-state index in [0.717, 1.165) is 90.2 Å². The molecule has 208 valence electrons. The van der Waals surface area contributed by atoms with E-state index in [1.54, 1.807) is 7.11 Å². The summed E-state index contributed by atoms with van der Waals surface area (Å²) in [4.78, 5) is 15.6. The van der Waals surface area contributed by atoms with Crippen LogP contribution in [0.1, 0.15) is 59.5 Å². The third kappa shape index (κ3) is 4.10. The van der Waals surface area contributed by atoms with E-state index in [9.17, 15) is 4.79 Å². The van der Waals surface area contributed by atoms with Crippen molar-refractivity contribution in [2.45, 2.75) is 49.2 Å². The average Bonchev–Trinajstić information content (AvgIpc) is 3.53. The molecule has 3 aliphatic heterocycles. The first-order chi connectivity index (χ1) is 20.0. The van der Waals surface area contributed by atoms with Crippen molar-refractivity contribution in [3.63, 3.8) is 0 Å². The summed E-state index contributed by atoms with van der Waals surface area (Å²) in [5, 5.41) is 11.9. The predicted octanol–water partition coefficient (Wildman–Crippen LogP) is 5.87. The molecule has 2 spiro atoms. The molecule has 4 aromatic rings. The van der Waals surface area contributed by atoms with Gasteiger partial charge in [0.1, 0.15) is 5.75 Å². The lowest BCUT2D eigenvalue weighted by Gasteiger charge is -2.47. The number of ether oxygens (including phenoxy) is 2. The van der Waals surface area contributed by atoms with Gasteiger partial charge in [-0.25, -0.2) is 0 Å². The van der Waals surface area contributed by atoms with Gasteiger partial charge in [-0.1, -0.05) is 42.5 Å². The van der Waals surface area contributed by atoms with Crippen LogP contribution in [-0.2, 0) is 21.5 Å². The van der Waals surface area contributed by atoms with Crippen molar-refractivity contribution in [3.8, 4) is 5.75 Å². The minimum absolute atomic E-state index is 0.0812. The number of carbonyl (C=O) groups excluding carboxylic acids is 1. The molecule has 4 heterocycles. The Morgan fingerprint density at radius 1 is 1.05 bits per heavy atom. The molecule has 2 atom stereocenters. The largest absolute Gasteiger partial charge is 0.497 e. The number of methoxy groups -OCH3 is 1. The molecular weight excluding hydrogens is 512 g/mol. The number of hydrogen-bond acceptors (Lipinski definition) is 5. The second kappa shape index (κ2) is 9.29. The molecule has 1 saturated carbocycles. The first-order valence-electron chi connectivity index (χ1n) is 14.7. The Kier molecular flexibility index (Phi) is 5.63. The third-order valence-corrected chi connectivity index (χ3v) is 9.89. The molecule has 1 aliphatic carbocycles. The van der Waals surface area contributed by atoms with Crippen LogP contribution in [0, 0.1) is 0 Å². The number of benzene rings is 3. The van der Waals surface area contributed by atoms with Gasteiger partial charge in [0.2, 0.25) is 5.91 Å². The highest BCUT2D eigenvalue weighted by atomic mass is 16.5. The quantitative estimate of drug-likeness (QED) is 0.316. The van der Waals surface area contributed by atoms with Gasteiger partial charge in [-0.05, 0) is 78.3 Å². The van der Waals surface area contributed by atoms with Crippen LogP contribution in [-0.4, -0.2) is 53.4 Å². The number of aromatic nitrogens is 2. The minimum Gasteiger partial charge on any atom is -0.497 e. The number of fused-ring (bicyclic) bond motifs is 3. The number of carbonyl (C=O) groups is 1. The van der Waals surface area contributed by atoms with E-state index in [-0.39, 0.29) is 17.4 Å². The lowest BCUT2D eigenvalue weighted by molar-refractivity contribution is -0.173. The van der Waals surface area contributed by atoms with Crippen molar-refractivity contribution in [1.82, 2.24) is 15.1 Å². The molecule has 1 amide bonds. The predicted molar refractivity (Wildman–Crippen MR) is 160 cm³/mol. The summed E-state index contributed by atoms with van der Waals surface area (Å²) < 4.78 is 11.3. The molecule has 7 nitrogen and oxygen atoms in total. The zero-order chi connectivity index (χ0) is 27.6. The molecule has 2 saturated heterocycles. The highest BCUT2D eigenvalue weighted by molar-refractivity contribution is 6.10. The SMILES string of the molecule is COc1ccc2c(c1)[C@]1(C[C@H]1c1ccc3c(/C=C/c4ccc(CN5CCC6(CCO6)CC5)cc4)n[nH]c3c1)C(=O)N2. The normalized spacial score (nSPS) is 24.6. The number of amides is 1. The molecule has 0 radical (unpaired) electrons. The summed E-state index contributed by atoms with van der Waals surface area (Å²) in [6.45, 7) is 4.17. The summed E-state index contributed by atoms with van der Waals surface area (Å²) >= 11 is 0. The van der Waals surface area contributed by atoms with Crippen LogP contribution in [0.5, 0.6) is 5.75 Å². The fourth-order valence-electron chi connectivity index (χ4n) is 7.17. The average molecular weight is 547 g/mol. The fraction of sp³-hybridized carbons (Fsp3) is 0.353. The molecule has 2 N–H and O–H groups in total. The lowest BCUT2D eigenvalue weighted by atomic mass is 9.84. The molecular formula is C34H34N4O3. The number of H-pyrrole nitrogens is 1. The number of anilines is 1. The highest BCUT2D eigenvalue weighted by Crippen LogP contribution is 2.65. The van der Waals surface area contributed by atoms with E-state index in [1.807, 2.05) is 18.2 Å². The number of piperidine rings is 1. The third-order valence-electron chi connectivity index (χ3n) is 9.89. The Balaban J connectivity index is 0.951. The maximum atomic E-state index is 13.1. The Labute approximate surface area is 239 Å². The Morgan fingerprint density at radius 2 is 1.88 bits per heavy atom. The molecule has 3 aromatic carbocycles. The smallest absolute Gasteiger partial charge is 0.235 e. The van der Waals surface area contributed by atoms with Gasteiger partial charge in [-0.3, -0.25) is 14.8 Å². The number of nitrogens with zero attached hydrogens (tertiary/aromatic N) is 2. The minimum atomic E-state index is -0.506. The summed E-state index contributed by atoms with van der Waals surface area (Å²) in [6.07, 6.45) is 8.55. The first kappa shape index (κ1) is 24.8. The maximum absolute atomic E-state index is 13.1. The topological polar surface area (TPSA) is 79.5 Å². The second-order valence-corrected chi connectivity index (χ2v) is 12.1. The van der Waals surface area contributed by atoms with Crippen LogP contribution in [0.3, 0.4) is 0 Å². The zero-order valence-electron chi connectivity index (χ0n) is 23.3. The molecule has 1 aromatic heterocycles. The van der Waals surface area contributed by atoms with Gasteiger partial charge < -0.3 is 14.8 Å². The van der Waals surface area contributed by atoms with Crippen molar-refractivity contribution in [2.24, 2.45) is 0 Å². The molecule has 0 unspecified atom stereocenters. The van der Waals surface area contributed by atoms with Crippen LogP contribution >= 0.6 is 0 Å². The standard InChI is InChI=1S/C34H34N4O3/c1-40-25-8-11-30-27(19-25)34(32(39)35-30)20-28(34)24-7-9-26-29(36-37-31(26)18-24)10-6-22-2-4-23(5-3-22)21-38-15-12-33(13-16-38)14-17-41-33/h2-11,18-19,28H,12-17,20-21H2,1H3,(H,35,39)(H,36,37)/b10-6+/t28-,34-/m0/s1. The molecule has 7 heteroatoms. The molecule has 4 aliphatic rings. The Hall–Kier alpha value is -3.94. The van der Waals surface area contributed by atoms with Gasteiger partial charge in [0.05, 0.1) is 35.9 Å². The van der Waals surface area contributed by atoms with E-state index in [2.05, 4.69) is 75.0 Å². The molecule has 3 fully saturated rings. The summed E-state index contributed by atoms with van der Waals surface area (Å²) in [7, 11) is 1.66. The van der Waals surface area contributed by atoms with Crippen LogP contribution < -0.4 is 10.1 Å².